The number of nitrogens with one attached hydrogen (secondary N) is 1. The average molecular weight is 348 g/mol. The molecule has 3 rings (SSSR count). The van der Waals surface area contributed by atoms with Crippen LogP contribution in [-0.2, 0) is 14.8 Å². The summed E-state index contributed by atoms with van der Waals surface area (Å²) in [6, 6.07) is 11.3. The van der Waals surface area contributed by atoms with Gasteiger partial charge < -0.3 is 4.90 Å². The van der Waals surface area contributed by atoms with Gasteiger partial charge in [-0.2, -0.15) is 4.72 Å². The zero-order chi connectivity index (χ0) is 17.3. The molecule has 0 spiro atoms. The number of benzene rings is 2. The van der Waals surface area contributed by atoms with Gasteiger partial charge in [0.05, 0.1) is 4.90 Å². The van der Waals surface area contributed by atoms with E-state index in [1.54, 1.807) is 25.1 Å². The Hall–Kier alpha value is -2.25. The van der Waals surface area contributed by atoms with E-state index < -0.39 is 16.1 Å². The third kappa shape index (κ3) is 3.18. The van der Waals surface area contributed by atoms with E-state index in [0.29, 0.717) is 24.2 Å². The molecule has 0 radical (unpaired) electrons. The Labute approximate surface area is 140 Å². The molecule has 1 heterocycles. The summed E-state index contributed by atoms with van der Waals surface area (Å²) in [7, 11) is -3.78. The van der Waals surface area contributed by atoms with Crippen LogP contribution in [0.2, 0.25) is 0 Å². The Morgan fingerprint density at radius 1 is 1.12 bits per heavy atom. The van der Waals surface area contributed by atoms with E-state index in [-0.39, 0.29) is 16.6 Å². The summed E-state index contributed by atoms with van der Waals surface area (Å²) in [5.74, 6) is -0.721. The first-order valence-corrected chi connectivity index (χ1v) is 9.02. The Kier molecular flexibility index (Phi) is 4.38. The summed E-state index contributed by atoms with van der Waals surface area (Å²) >= 11 is 0. The average Bonchev–Trinajstić information content (AvgIpc) is 2.89. The van der Waals surface area contributed by atoms with E-state index in [1.165, 1.54) is 35.2 Å². The van der Waals surface area contributed by atoms with Gasteiger partial charge in [0.25, 0.3) is 0 Å². The summed E-state index contributed by atoms with van der Waals surface area (Å²) in [6.07, 6.45) is 0.362. The lowest BCUT2D eigenvalue weighted by molar-refractivity contribution is -0.118. The SMILES string of the molecule is Cc1ccccc1S(=O)(=O)N[C@@H]1CCN(c2ccc(F)cc2)C1=O. The molecule has 0 saturated carbocycles. The molecule has 1 amide bonds. The molecular weight excluding hydrogens is 331 g/mol. The summed E-state index contributed by atoms with van der Waals surface area (Å²) in [5, 5.41) is 0. The standard InChI is InChI=1S/C17H17FN2O3S/c1-12-4-2-3-5-16(12)24(22,23)19-15-10-11-20(17(15)21)14-8-6-13(18)7-9-14/h2-9,15,19H,10-11H2,1H3/t15-/m1/s1. The van der Waals surface area contributed by atoms with Crippen molar-refractivity contribution in [3.05, 3.63) is 59.9 Å². The predicted octanol–water partition coefficient (Wildman–Crippen LogP) is 2.22. The van der Waals surface area contributed by atoms with Crippen LogP contribution >= 0.6 is 0 Å². The van der Waals surface area contributed by atoms with Crippen LogP contribution in [0, 0.1) is 12.7 Å². The highest BCUT2D eigenvalue weighted by Crippen LogP contribution is 2.23. The van der Waals surface area contributed by atoms with Crippen molar-refractivity contribution >= 4 is 21.6 Å². The number of carbonyl (C=O) groups excluding carboxylic acids is 1. The van der Waals surface area contributed by atoms with Crippen LogP contribution in [0.4, 0.5) is 10.1 Å². The second kappa shape index (κ2) is 6.33. The van der Waals surface area contributed by atoms with Crippen LogP contribution in [-0.4, -0.2) is 26.9 Å². The maximum absolute atomic E-state index is 13.0. The van der Waals surface area contributed by atoms with Crippen LogP contribution in [0.5, 0.6) is 0 Å². The van der Waals surface area contributed by atoms with Crippen molar-refractivity contribution in [2.75, 3.05) is 11.4 Å². The molecule has 2 aromatic rings. The van der Waals surface area contributed by atoms with Gasteiger partial charge in [-0.3, -0.25) is 4.79 Å². The molecule has 0 aromatic heterocycles. The summed E-state index contributed by atoms with van der Waals surface area (Å²) in [4.78, 5) is 14.1. The third-order valence-electron chi connectivity index (χ3n) is 4.02. The number of aryl methyl sites for hydroxylation is 1. The number of amides is 1. The largest absolute Gasteiger partial charge is 0.311 e. The molecule has 7 heteroatoms. The molecule has 0 aliphatic carbocycles. The zero-order valence-electron chi connectivity index (χ0n) is 13.1. The smallest absolute Gasteiger partial charge is 0.245 e. The van der Waals surface area contributed by atoms with E-state index in [2.05, 4.69) is 4.72 Å². The first kappa shape index (κ1) is 16.6. The van der Waals surface area contributed by atoms with Crippen LogP contribution < -0.4 is 9.62 Å². The topological polar surface area (TPSA) is 66.5 Å². The van der Waals surface area contributed by atoms with E-state index >= 15 is 0 Å². The molecule has 5 nitrogen and oxygen atoms in total. The van der Waals surface area contributed by atoms with E-state index in [0.717, 1.165) is 0 Å². The van der Waals surface area contributed by atoms with Crippen molar-refractivity contribution in [2.24, 2.45) is 0 Å². The molecule has 2 aromatic carbocycles. The number of rotatable bonds is 4. The number of sulfonamides is 1. The fourth-order valence-electron chi connectivity index (χ4n) is 2.78. The monoisotopic (exact) mass is 348 g/mol. The summed E-state index contributed by atoms with van der Waals surface area (Å²) < 4.78 is 40.5. The van der Waals surface area contributed by atoms with Gasteiger partial charge >= 0.3 is 0 Å². The number of nitrogens with zero attached hydrogens (tertiary/aromatic N) is 1. The van der Waals surface area contributed by atoms with Gasteiger partial charge in [-0.1, -0.05) is 18.2 Å². The van der Waals surface area contributed by atoms with Crippen LogP contribution in [0.3, 0.4) is 0 Å². The summed E-state index contributed by atoms with van der Waals surface area (Å²) in [5.41, 5.74) is 1.17. The Morgan fingerprint density at radius 3 is 2.46 bits per heavy atom. The van der Waals surface area contributed by atoms with Gasteiger partial charge in [0.15, 0.2) is 0 Å². The molecule has 1 aliphatic rings. The number of halogens is 1. The highest BCUT2D eigenvalue weighted by atomic mass is 32.2. The minimum Gasteiger partial charge on any atom is -0.311 e. The number of hydrogen-bond acceptors (Lipinski definition) is 3. The van der Waals surface area contributed by atoms with Crippen molar-refractivity contribution in [3.63, 3.8) is 0 Å². The molecule has 1 atom stereocenters. The minimum absolute atomic E-state index is 0.165. The molecule has 0 bridgehead atoms. The second-order valence-electron chi connectivity index (χ2n) is 5.69. The summed E-state index contributed by atoms with van der Waals surface area (Å²) in [6.45, 7) is 2.08. The van der Waals surface area contributed by atoms with Gasteiger partial charge in [-0.05, 0) is 49.2 Å². The maximum atomic E-state index is 13.0. The molecule has 1 N–H and O–H groups in total. The van der Waals surface area contributed by atoms with Crippen LogP contribution in [0.1, 0.15) is 12.0 Å². The van der Waals surface area contributed by atoms with Gasteiger partial charge in [-0.15, -0.1) is 0 Å². The normalized spacial score (nSPS) is 18.2. The fourth-order valence-corrected chi connectivity index (χ4v) is 4.25. The fraction of sp³-hybridized carbons (Fsp3) is 0.235. The Balaban J connectivity index is 1.79. The Bertz CT molecular complexity index is 866. The molecule has 1 aliphatic heterocycles. The highest BCUT2D eigenvalue weighted by Gasteiger charge is 2.35. The van der Waals surface area contributed by atoms with Crippen LogP contribution in [0.15, 0.2) is 53.4 Å². The van der Waals surface area contributed by atoms with Crippen molar-refractivity contribution in [3.8, 4) is 0 Å². The molecular formula is C17H17FN2O3S. The molecule has 1 fully saturated rings. The van der Waals surface area contributed by atoms with Crippen molar-refractivity contribution in [2.45, 2.75) is 24.3 Å². The minimum atomic E-state index is -3.78. The van der Waals surface area contributed by atoms with E-state index in [9.17, 15) is 17.6 Å². The van der Waals surface area contributed by atoms with Gasteiger partial charge in [0.1, 0.15) is 11.9 Å². The second-order valence-corrected chi connectivity index (χ2v) is 7.38. The zero-order valence-corrected chi connectivity index (χ0v) is 13.9. The molecule has 126 valence electrons. The highest BCUT2D eigenvalue weighted by molar-refractivity contribution is 7.89. The number of hydrogen-bond donors (Lipinski definition) is 1. The lowest BCUT2D eigenvalue weighted by atomic mass is 10.2. The first-order chi connectivity index (χ1) is 11.4. The van der Waals surface area contributed by atoms with Crippen molar-refractivity contribution in [1.29, 1.82) is 0 Å². The molecule has 0 unspecified atom stereocenters. The molecule has 24 heavy (non-hydrogen) atoms. The predicted molar refractivity (Wildman–Crippen MR) is 88.7 cm³/mol. The van der Waals surface area contributed by atoms with Gasteiger partial charge in [0, 0.05) is 12.2 Å². The van der Waals surface area contributed by atoms with Crippen molar-refractivity contribution in [1.82, 2.24) is 4.72 Å². The molecule has 1 saturated heterocycles. The maximum Gasteiger partial charge on any atom is 0.245 e. The van der Waals surface area contributed by atoms with E-state index in [1.807, 2.05) is 0 Å². The van der Waals surface area contributed by atoms with Gasteiger partial charge in [-0.25, -0.2) is 12.8 Å². The van der Waals surface area contributed by atoms with Gasteiger partial charge in [0.2, 0.25) is 15.9 Å². The third-order valence-corrected chi connectivity index (χ3v) is 5.66. The quantitative estimate of drug-likeness (QED) is 0.921. The lowest BCUT2D eigenvalue weighted by Crippen LogP contribution is -2.41. The Morgan fingerprint density at radius 2 is 1.79 bits per heavy atom. The van der Waals surface area contributed by atoms with Crippen molar-refractivity contribution < 1.29 is 17.6 Å². The number of carbonyl (C=O) groups is 1. The van der Waals surface area contributed by atoms with Crippen LogP contribution in [0.25, 0.3) is 0 Å². The first-order valence-electron chi connectivity index (χ1n) is 7.53. The lowest BCUT2D eigenvalue weighted by Gasteiger charge is -2.17. The number of anilines is 1. The van der Waals surface area contributed by atoms with E-state index in [4.69, 9.17) is 0 Å².